The molecule has 23 heavy (non-hydrogen) atoms. The van der Waals surface area contributed by atoms with Crippen molar-refractivity contribution in [1.82, 2.24) is 9.97 Å². The van der Waals surface area contributed by atoms with Crippen LogP contribution in [0.25, 0.3) is 11.0 Å². The van der Waals surface area contributed by atoms with E-state index in [2.05, 4.69) is 9.97 Å². The number of ether oxygens (including phenoxy) is 1. The zero-order chi connectivity index (χ0) is 16.4. The highest BCUT2D eigenvalue weighted by atomic mass is 35.5. The number of nitrogens with zero attached hydrogens (tertiary/aromatic N) is 1. The molecule has 0 saturated carbocycles. The van der Waals surface area contributed by atoms with Crippen LogP contribution in [0, 0.1) is 0 Å². The van der Waals surface area contributed by atoms with Crippen molar-refractivity contribution in [2.24, 2.45) is 0 Å². The van der Waals surface area contributed by atoms with E-state index in [-0.39, 0.29) is 22.8 Å². The van der Waals surface area contributed by atoms with E-state index in [1.165, 1.54) is 31.0 Å². The first-order valence-corrected chi connectivity index (χ1v) is 8.11. The van der Waals surface area contributed by atoms with Gasteiger partial charge in [0.15, 0.2) is 10.9 Å². The Morgan fingerprint density at radius 1 is 1.35 bits per heavy atom. The standard InChI is InChI=1S/C16H13ClN2O3S/c1-22-10-3-5-14(20)11(7-10)15(21)8-23-16-18-12-4-2-9(17)6-13(12)19-16/h2-7,20H,8H2,1H3,(H,18,19). The first-order valence-electron chi connectivity index (χ1n) is 6.75. The third-order valence-electron chi connectivity index (χ3n) is 3.27. The summed E-state index contributed by atoms with van der Waals surface area (Å²) in [5.74, 6) is 0.404. The van der Waals surface area contributed by atoms with Crippen LogP contribution >= 0.6 is 23.4 Å². The lowest BCUT2D eigenvalue weighted by atomic mass is 10.1. The van der Waals surface area contributed by atoms with Crippen LogP contribution in [0.2, 0.25) is 5.02 Å². The fraction of sp³-hybridized carbons (Fsp3) is 0.125. The number of H-pyrrole nitrogens is 1. The predicted molar refractivity (Wildman–Crippen MR) is 90.8 cm³/mol. The maximum Gasteiger partial charge on any atom is 0.177 e. The number of rotatable bonds is 5. The number of halogens is 1. The molecule has 0 unspecified atom stereocenters. The Hall–Kier alpha value is -2.18. The highest BCUT2D eigenvalue weighted by molar-refractivity contribution is 7.99. The highest BCUT2D eigenvalue weighted by Crippen LogP contribution is 2.26. The molecule has 0 radical (unpaired) electrons. The lowest BCUT2D eigenvalue weighted by molar-refractivity contribution is 0.101. The van der Waals surface area contributed by atoms with Crippen molar-refractivity contribution in [3.8, 4) is 11.5 Å². The van der Waals surface area contributed by atoms with Crippen LogP contribution in [0.5, 0.6) is 11.5 Å². The molecule has 0 spiro atoms. The number of hydrogen-bond donors (Lipinski definition) is 2. The first-order chi connectivity index (χ1) is 11.1. The number of nitrogens with one attached hydrogen (secondary N) is 1. The van der Waals surface area contributed by atoms with E-state index in [0.29, 0.717) is 15.9 Å². The quantitative estimate of drug-likeness (QED) is 0.540. The van der Waals surface area contributed by atoms with Crippen LogP contribution in [0.1, 0.15) is 10.4 Å². The normalized spacial score (nSPS) is 10.9. The summed E-state index contributed by atoms with van der Waals surface area (Å²) in [5, 5.41) is 11.1. The fourth-order valence-corrected chi connectivity index (χ4v) is 3.04. The summed E-state index contributed by atoms with van der Waals surface area (Å²) in [6.07, 6.45) is 0. The first kappa shape index (κ1) is 15.7. The minimum absolute atomic E-state index is 0.0622. The van der Waals surface area contributed by atoms with Crippen molar-refractivity contribution < 1.29 is 14.6 Å². The zero-order valence-electron chi connectivity index (χ0n) is 12.2. The average Bonchev–Trinajstić information content (AvgIpc) is 2.95. The van der Waals surface area contributed by atoms with Crippen molar-refractivity contribution in [3.63, 3.8) is 0 Å². The van der Waals surface area contributed by atoms with Crippen molar-refractivity contribution in [3.05, 3.63) is 47.0 Å². The second kappa shape index (κ2) is 6.52. The van der Waals surface area contributed by atoms with E-state index in [1.54, 1.807) is 18.2 Å². The number of carbonyl (C=O) groups is 1. The number of aromatic hydroxyl groups is 1. The molecule has 3 aromatic rings. The van der Waals surface area contributed by atoms with Gasteiger partial charge < -0.3 is 14.8 Å². The van der Waals surface area contributed by atoms with Crippen LogP contribution in [0.15, 0.2) is 41.6 Å². The molecule has 5 nitrogen and oxygen atoms in total. The fourth-order valence-electron chi connectivity index (χ4n) is 2.10. The van der Waals surface area contributed by atoms with Gasteiger partial charge in [-0.2, -0.15) is 0 Å². The monoisotopic (exact) mass is 348 g/mol. The summed E-state index contributed by atoms with van der Waals surface area (Å²) < 4.78 is 5.07. The van der Waals surface area contributed by atoms with Crippen molar-refractivity contribution in [2.45, 2.75) is 5.16 Å². The molecule has 1 aromatic heterocycles. The lowest BCUT2D eigenvalue weighted by Crippen LogP contribution is -2.03. The van der Waals surface area contributed by atoms with E-state index in [4.69, 9.17) is 16.3 Å². The molecule has 0 saturated heterocycles. The van der Waals surface area contributed by atoms with Gasteiger partial charge in [0.05, 0.1) is 29.5 Å². The Labute approximate surface area is 141 Å². The van der Waals surface area contributed by atoms with E-state index in [0.717, 1.165) is 11.0 Å². The van der Waals surface area contributed by atoms with E-state index in [1.807, 2.05) is 6.07 Å². The van der Waals surface area contributed by atoms with Crippen LogP contribution in [0.3, 0.4) is 0 Å². The molecule has 118 valence electrons. The summed E-state index contributed by atoms with van der Waals surface area (Å²) in [4.78, 5) is 19.8. The number of carbonyl (C=O) groups excluding carboxylic acids is 1. The van der Waals surface area contributed by atoms with Gasteiger partial charge in [0, 0.05) is 5.02 Å². The molecule has 2 N–H and O–H groups in total. The second-order valence-electron chi connectivity index (χ2n) is 4.80. The molecular formula is C16H13ClN2O3S. The minimum Gasteiger partial charge on any atom is -0.507 e. The van der Waals surface area contributed by atoms with Crippen molar-refractivity contribution in [1.29, 1.82) is 0 Å². The summed E-state index contributed by atoms with van der Waals surface area (Å²) in [6, 6.07) is 9.93. The molecule has 7 heteroatoms. The van der Waals surface area contributed by atoms with Crippen molar-refractivity contribution >= 4 is 40.2 Å². The number of thioether (sulfide) groups is 1. The number of imidazole rings is 1. The van der Waals surface area contributed by atoms with Gasteiger partial charge in [-0.15, -0.1) is 0 Å². The van der Waals surface area contributed by atoms with E-state index < -0.39 is 0 Å². The van der Waals surface area contributed by atoms with Gasteiger partial charge in [0.2, 0.25) is 0 Å². The Morgan fingerprint density at radius 2 is 2.17 bits per heavy atom. The Morgan fingerprint density at radius 3 is 2.96 bits per heavy atom. The number of benzene rings is 2. The number of phenolic OH excluding ortho intramolecular Hbond substituents is 1. The maximum atomic E-state index is 12.3. The average molecular weight is 349 g/mol. The molecule has 0 aliphatic rings. The van der Waals surface area contributed by atoms with Crippen LogP contribution in [0.4, 0.5) is 0 Å². The van der Waals surface area contributed by atoms with Crippen LogP contribution in [-0.4, -0.2) is 33.7 Å². The van der Waals surface area contributed by atoms with Gasteiger partial charge in [0.25, 0.3) is 0 Å². The topological polar surface area (TPSA) is 75.2 Å². The Balaban J connectivity index is 1.75. The van der Waals surface area contributed by atoms with Gasteiger partial charge in [-0.05, 0) is 36.4 Å². The minimum atomic E-state index is -0.204. The molecule has 0 aliphatic carbocycles. The number of ketones is 1. The summed E-state index contributed by atoms with van der Waals surface area (Å²) >= 11 is 7.20. The molecule has 3 rings (SSSR count). The molecule has 0 bridgehead atoms. The summed E-state index contributed by atoms with van der Waals surface area (Å²) in [7, 11) is 1.51. The van der Waals surface area contributed by atoms with Crippen LogP contribution < -0.4 is 4.74 Å². The number of phenols is 1. The zero-order valence-corrected chi connectivity index (χ0v) is 13.7. The molecule has 0 aliphatic heterocycles. The Bertz CT molecular complexity index is 879. The number of aromatic nitrogens is 2. The van der Waals surface area contributed by atoms with E-state index >= 15 is 0 Å². The van der Waals surface area contributed by atoms with Crippen LogP contribution in [-0.2, 0) is 0 Å². The third-order valence-corrected chi connectivity index (χ3v) is 4.37. The largest absolute Gasteiger partial charge is 0.507 e. The van der Waals surface area contributed by atoms with Gasteiger partial charge in [-0.3, -0.25) is 4.79 Å². The van der Waals surface area contributed by atoms with Gasteiger partial charge in [-0.25, -0.2) is 4.98 Å². The van der Waals surface area contributed by atoms with Gasteiger partial charge >= 0.3 is 0 Å². The molecule has 2 aromatic carbocycles. The maximum absolute atomic E-state index is 12.3. The lowest BCUT2D eigenvalue weighted by Gasteiger charge is -2.05. The number of hydrogen-bond acceptors (Lipinski definition) is 5. The predicted octanol–water partition coefficient (Wildman–Crippen LogP) is 3.91. The number of Topliss-reactive ketones (excluding diaryl/α,β-unsaturated/α-hetero) is 1. The smallest absolute Gasteiger partial charge is 0.177 e. The third kappa shape index (κ3) is 3.43. The molecule has 0 atom stereocenters. The molecule has 1 heterocycles. The second-order valence-corrected chi connectivity index (χ2v) is 6.20. The SMILES string of the molecule is COc1ccc(O)c(C(=O)CSc2nc3ccc(Cl)cc3[nH]2)c1. The number of methoxy groups -OCH3 is 1. The summed E-state index contributed by atoms with van der Waals surface area (Å²) in [6.45, 7) is 0. The number of aromatic amines is 1. The molecular weight excluding hydrogens is 336 g/mol. The van der Waals surface area contributed by atoms with E-state index in [9.17, 15) is 9.90 Å². The number of fused-ring (bicyclic) bond motifs is 1. The Kier molecular flexibility index (Phi) is 4.45. The molecule has 0 amide bonds. The molecule has 0 fully saturated rings. The highest BCUT2D eigenvalue weighted by Gasteiger charge is 2.14. The van der Waals surface area contributed by atoms with Gasteiger partial charge in [-0.1, -0.05) is 23.4 Å². The summed E-state index contributed by atoms with van der Waals surface area (Å²) in [5.41, 5.74) is 1.83. The van der Waals surface area contributed by atoms with Gasteiger partial charge in [0.1, 0.15) is 11.5 Å². The van der Waals surface area contributed by atoms with Crippen molar-refractivity contribution in [2.75, 3.05) is 12.9 Å².